The molecule has 1 radical (unpaired) electrons. The fourth-order valence-corrected chi connectivity index (χ4v) is 0.856. The third-order valence-electron chi connectivity index (χ3n) is 1.51. The number of hydrogen-bond acceptors (Lipinski definition) is 2. The molecule has 0 atom stereocenters. The summed E-state index contributed by atoms with van der Waals surface area (Å²) in [6.07, 6.45) is 0. The maximum atomic E-state index is 8.63. The zero-order valence-electron chi connectivity index (χ0n) is 7.97. The first-order valence-corrected chi connectivity index (χ1v) is 4.27. The van der Waals surface area contributed by atoms with Crippen LogP contribution in [0.3, 0.4) is 0 Å². The SMILES string of the molecule is Oc1ccccc1.Oc1ccccc1.[Au]. The maximum absolute atomic E-state index is 8.63. The summed E-state index contributed by atoms with van der Waals surface area (Å²) in [7, 11) is 0. The van der Waals surface area contributed by atoms with Crippen LogP contribution in [0, 0.1) is 0 Å². The molecule has 0 fully saturated rings. The standard InChI is InChI=1S/2C6H6O.Au/c2*7-6-4-2-1-3-5-6;/h2*1-5,7H;. The molecule has 0 saturated carbocycles. The van der Waals surface area contributed by atoms with Gasteiger partial charge in [-0.05, 0) is 24.3 Å². The zero-order chi connectivity index (χ0) is 10.2. The molecule has 0 aliphatic carbocycles. The van der Waals surface area contributed by atoms with E-state index >= 15 is 0 Å². The van der Waals surface area contributed by atoms with Crippen molar-refractivity contribution < 1.29 is 32.6 Å². The Balaban J connectivity index is 0.000000245. The molecule has 0 aliphatic heterocycles. The first-order valence-electron chi connectivity index (χ1n) is 4.27. The van der Waals surface area contributed by atoms with Gasteiger partial charge >= 0.3 is 0 Å². The second-order valence-electron chi connectivity index (χ2n) is 2.67. The van der Waals surface area contributed by atoms with Crippen molar-refractivity contribution in [3.8, 4) is 11.5 Å². The summed E-state index contributed by atoms with van der Waals surface area (Å²) < 4.78 is 0. The van der Waals surface area contributed by atoms with E-state index in [4.69, 9.17) is 10.2 Å². The van der Waals surface area contributed by atoms with Crippen LogP contribution in [0.5, 0.6) is 11.5 Å². The third kappa shape index (κ3) is 6.80. The predicted octanol–water partition coefficient (Wildman–Crippen LogP) is 2.78. The van der Waals surface area contributed by atoms with Crippen LogP contribution >= 0.6 is 0 Å². The Morgan fingerprint density at radius 2 is 0.800 bits per heavy atom. The molecule has 2 N–H and O–H groups in total. The van der Waals surface area contributed by atoms with Crippen LogP contribution in [0.25, 0.3) is 0 Å². The molecule has 0 saturated heterocycles. The van der Waals surface area contributed by atoms with Crippen molar-refractivity contribution in [2.75, 3.05) is 0 Å². The van der Waals surface area contributed by atoms with E-state index in [1.165, 1.54) is 0 Å². The van der Waals surface area contributed by atoms with Gasteiger partial charge in [-0.1, -0.05) is 36.4 Å². The molecular weight excluding hydrogens is 373 g/mol. The van der Waals surface area contributed by atoms with E-state index in [-0.39, 0.29) is 22.4 Å². The van der Waals surface area contributed by atoms with Gasteiger partial charge in [0.25, 0.3) is 0 Å². The van der Waals surface area contributed by atoms with Crippen molar-refractivity contribution in [1.82, 2.24) is 0 Å². The van der Waals surface area contributed by atoms with E-state index in [0.29, 0.717) is 11.5 Å². The minimum atomic E-state index is 0. The second-order valence-corrected chi connectivity index (χ2v) is 2.67. The van der Waals surface area contributed by atoms with Gasteiger partial charge in [0.15, 0.2) is 0 Å². The average Bonchev–Trinajstić information content (AvgIpc) is 2.21. The van der Waals surface area contributed by atoms with Crippen LogP contribution in [-0.2, 0) is 22.4 Å². The Bertz CT molecular complexity index is 311. The first-order chi connectivity index (χ1) is 6.79. The van der Waals surface area contributed by atoms with Gasteiger partial charge in [-0.15, -0.1) is 0 Å². The Labute approximate surface area is 105 Å². The summed E-state index contributed by atoms with van der Waals surface area (Å²) >= 11 is 0. The Morgan fingerprint density at radius 1 is 0.533 bits per heavy atom. The van der Waals surface area contributed by atoms with Gasteiger partial charge in [0.1, 0.15) is 11.5 Å². The van der Waals surface area contributed by atoms with Gasteiger partial charge in [-0.25, -0.2) is 0 Å². The minimum absolute atomic E-state index is 0. The quantitative estimate of drug-likeness (QED) is 0.685. The van der Waals surface area contributed by atoms with Crippen LogP contribution in [0.2, 0.25) is 0 Å². The number of aromatic hydroxyl groups is 2. The minimum Gasteiger partial charge on any atom is -0.508 e. The topological polar surface area (TPSA) is 40.5 Å². The fraction of sp³-hybridized carbons (Fsp3) is 0. The van der Waals surface area contributed by atoms with Crippen molar-refractivity contribution in [3.63, 3.8) is 0 Å². The molecule has 0 bridgehead atoms. The van der Waals surface area contributed by atoms with Crippen molar-refractivity contribution in [2.45, 2.75) is 0 Å². The molecule has 0 aromatic heterocycles. The second kappa shape index (κ2) is 8.12. The van der Waals surface area contributed by atoms with Gasteiger partial charge in [0, 0.05) is 22.4 Å². The molecule has 3 heteroatoms. The van der Waals surface area contributed by atoms with Gasteiger partial charge in [-0.2, -0.15) is 0 Å². The van der Waals surface area contributed by atoms with Crippen LogP contribution < -0.4 is 0 Å². The molecule has 0 aliphatic rings. The molecule has 2 rings (SSSR count). The zero-order valence-corrected chi connectivity index (χ0v) is 10.1. The number of rotatable bonds is 0. The van der Waals surface area contributed by atoms with E-state index in [1.807, 2.05) is 12.1 Å². The van der Waals surface area contributed by atoms with E-state index in [1.54, 1.807) is 48.5 Å². The molecule has 0 heterocycles. The summed E-state index contributed by atoms with van der Waals surface area (Å²) in [5.41, 5.74) is 0. The van der Waals surface area contributed by atoms with Gasteiger partial charge in [0.2, 0.25) is 0 Å². The molecule has 83 valence electrons. The van der Waals surface area contributed by atoms with E-state index in [9.17, 15) is 0 Å². The van der Waals surface area contributed by atoms with Gasteiger partial charge in [0.05, 0.1) is 0 Å². The fourth-order valence-electron chi connectivity index (χ4n) is 0.856. The van der Waals surface area contributed by atoms with E-state index < -0.39 is 0 Å². The normalized spacial score (nSPS) is 8.00. The number of phenolic OH excluding ortho intramolecular Hbond substituents is 2. The largest absolute Gasteiger partial charge is 0.508 e. The predicted molar refractivity (Wildman–Crippen MR) is 56.2 cm³/mol. The molecule has 0 spiro atoms. The summed E-state index contributed by atoms with van der Waals surface area (Å²) in [4.78, 5) is 0. The smallest absolute Gasteiger partial charge is 0.115 e. The van der Waals surface area contributed by atoms with Crippen LogP contribution in [0.1, 0.15) is 0 Å². The van der Waals surface area contributed by atoms with Crippen molar-refractivity contribution in [2.24, 2.45) is 0 Å². The molecule has 2 aromatic carbocycles. The number of para-hydroxylation sites is 2. The van der Waals surface area contributed by atoms with Crippen molar-refractivity contribution in [3.05, 3.63) is 60.7 Å². The van der Waals surface area contributed by atoms with E-state index in [2.05, 4.69) is 0 Å². The van der Waals surface area contributed by atoms with Gasteiger partial charge in [-0.3, -0.25) is 0 Å². The van der Waals surface area contributed by atoms with Crippen LogP contribution in [-0.4, -0.2) is 10.2 Å². The van der Waals surface area contributed by atoms with E-state index in [0.717, 1.165) is 0 Å². The van der Waals surface area contributed by atoms with Crippen LogP contribution in [0.15, 0.2) is 60.7 Å². The van der Waals surface area contributed by atoms with Crippen LogP contribution in [0.4, 0.5) is 0 Å². The number of benzene rings is 2. The Kier molecular flexibility index (Phi) is 7.46. The van der Waals surface area contributed by atoms with Gasteiger partial charge < -0.3 is 10.2 Å². The molecule has 0 unspecified atom stereocenters. The Morgan fingerprint density at radius 3 is 0.933 bits per heavy atom. The molecule has 15 heavy (non-hydrogen) atoms. The first kappa shape index (κ1) is 13.8. The monoisotopic (exact) mass is 385 g/mol. The number of hydrogen-bond donors (Lipinski definition) is 2. The molecular formula is C12H12AuO2. The maximum Gasteiger partial charge on any atom is 0.115 e. The summed E-state index contributed by atoms with van der Waals surface area (Å²) in [5.74, 6) is 0.644. The number of phenols is 2. The van der Waals surface area contributed by atoms with Crippen molar-refractivity contribution in [1.29, 1.82) is 0 Å². The average molecular weight is 385 g/mol. The Hall–Kier alpha value is -1.22. The summed E-state index contributed by atoms with van der Waals surface area (Å²) in [6.45, 7) is 0. The van der Waals surface area contributed by atoms with Crippen molar-refractivity contribution >= 4 is 0 Å². The summed E-state index contributed by atoms with van der Waals surface area (Å²) in [6, 6.07) is 17.4. The third-order valence-corrected chi connectivity index (χ3v) is 1.51. The molecule has 2 aromatic rings. The molecule has 2 nitrogen and oxygen atoms in total. The summed E-state index contributed by atoms with van der Waals surface area (Å²) in [5, 5.41) is 17.3. The molecule has 0 amide bonds.